The summed E-state index contributed by atoms with van der Waals surface area (Å²) in [6, 6.07) is 8.19. The largest absolute Gasteiger partial charge is 0.491 e. The number of likely N-dealkylation sites (N-methyl/N-ethyl adjacent to an activating group) is 1. The number of hydrogen-bond acceptors (Lipinski definition) is 7. The second kappa shape index (κ2) is 10.6. The third-order valence-corrected chi connectivity index (χ3v) is 5.88. The van der Waals surface area contributed by atoms with Crippen LogP contribution in [0.1, 0.15) is 44.9 Å². The van der Waals surface area contributed by atoms with Crippen LogP contribution in [-0.4, -0.2) is 67.7 Å². The van der Waals surface area contributed by atoms with E-state index in [0.717, 1.165) is 48.7 Å². The predicted octanol–water partition coefficient (Wildman–Crippen LogP) is 3.32. The van der Waals surface area contributed by atoms with E-state index in [0.29, 0.717) is 24.2 Å². The molecule has 3 rings (SSSR count). The smallest absolute Gasteiger partial charge is 0.161 e. The van der Waals surface area contributed by atoms with E-state index in [1.807, 2.05) is 24.3 Å². The maximum absolute atomic E-state index is 9.95. The lowest BCUT2D eigenvalue weighted by Crippen LogP contribution is -2.38. The summed E-state index contributed by atoms with van der Waals surface area (Å²) in [6.07, 6.45) is 1.43. The highest BCUT2D eigenvalue weighted by Crippen LogP contribution is 2.33. The van der Waals surface area contributed by atoms with Gasteiger partial charge in [-0.25, -0.2) is 9.97 Å². The van der Waals surface area contributed by atoms with E-state index in [4.69, 9.17) is 19.4 Å². The van der Waals surface area contributed by atoms with Crippen molar-refractivity contribution in [3.8, 4) is 17.1 Å². The van der Waals surface area contributed by atoms with Gasteiger partial charge in [-0.05, 0) is 38.9 Å². The number of nitrogens with one attached hydrogen (secondary N) is 1. The minimum Gasteiger partial charge on any atom is -0.491 e. The molecule has 2 heterocycles. The van der Waals surface area contributed by atoms with Gasteiger partial charge in [0.1, 0.15) is 24.3 Å². The van der Waals surface area contributed by atoms with Crippen molar-refractivity contribution >= 4 is 5.82 Å². The minimum absolute atomic E-state index is 0.113. The van der Waals surface area contributed by atoms with Crippen LogP contribution in [0.25, 0.3) is 11.4 Å². The highest BCUT2D eigenvalue weighted by molar-refractivity contribution is 5.62. The van der Waals surface area contributed by atoms with Gasteiger partial charge < -0.3 is 24.8 Å². The molecule has 176 valence electrons. The van der Waals surface area contributed by atoms with Gasteiger partial charge in [0.2, 0.25) is 0 Å². The number of rotatable bonds is 8. The molecule has 1 unspecified atom stereocenters. The number of aliphatic hydroxyl groups excluding tert-OH is 1. The van der Waals surface area contributed by atoms with Crippen LogP contribution >= 0.6 is 0 Å². The van der Waals surface area contributed by atoms with E-state index in [2.05, 4.69) is 45.0 Å². The van der Waals surface area contributed by atoms with Crippen molar-refractivity contribution < 1.29 is 14.6 Å². The first-order valence-electron chi connectivity index (χ1n) is 11.5. The van der Waals surface area contributed by atoms with Gasteiger partial charge in [0.05, 0.1) is 5.69 Å². The molecule has 7 heteroatoms. The first kappa shape index (κ1) is 24.4. The Morgan fingerprint density at radius 2 is 1.97 bits per heavy atom. The van der Waals surface area contributed by atoms with Gasteiger partial charge in [-0.2, -0.15) is 0 Å². The van der Waals surface area contributed by atoms with Crippen molar-refractivity contribution in [1.29, 1.82) is 0 Å². The first-order valence-corrected chi connectivity index (χ1v) is 11.5. The van der Waals surface area contributed by atoms with E-state index in [1.54, 1.807) is 7.05 Å². The average Bonchev–Trinajstić information content (AvgIpc) is 2.77. The molecule has 1 aliphatic rings. The van der Waals surface area contributed by atoms with Crippen LogP contribution < -0.4 is 15.0 Å². The summed E-state index contributed by atoms with van der Waals surface area (Å²) in [5, 5.41) is 12.9. The van der Waals surface area contributed by atoms with E-state index in [1.165, 1.54) is 0 Å². The van der Waals surface area contributed by atoms with Gasteiger partial charge in [-0.15, -0.1) is 0 Å². The normalized spacial score (nSPS) is 16.1. The Kier molecular flexibility index (Phi) is 8.09. The lowest BCUT2D eigenvalue weighted by Gasteiger charge is -2.34. The van der Waals surface area contributed by atoms with Crippen molar-refractivity contribution in [1.82, 2.24) is 15.3 Å². The summed E-state index contributed by atoms with van der Waals surface area (Å²) in [4.78, 5) is 12.3. The van der Waals surface area contributed by atoms with Gasteiger partial charge in [0.15, 0.2) is 5.82 Å². The average molecular weight is 443 g/mol. The molecule has 1 atom stereocenters. The third-order valence-electron chi connectivity index (χ3n) is 5.88. The number of hydrogen-bond donors (Lipinski definition) is 2. The van der Waals surface area contributed by atoms with Crippen molar-refractivity contribution in [3.05, 3.63) is 35.5 Å². The van der Waals surface area contributed by atoms with Crippen molar-refractivity contribution in [2.45, 2.75) is 58.1 Å². The summed E-state index contributed by atoms with van der Waals surface area (Å²) >= 11 is 0. The second-order valence-electron chi connectivity index (χ2n) is 9.60. The van der Waals surface area contributed by atoms with Gasteiger partial charge in [0, 0.05) is 49.4 Å². The molecule has 7 nitrogen and oxygen atoms in total. The molecule has 0 saturated carbocycles. The molecule has 1 aromatic heterocycles. The SMILES string of the molecule is CNCC(O)COc1cccc(-c2nc(N(C)C3CCOCC3)c(C)c(C(C)(C)C)n2)c1. The van der Waals surface area contributed by atoms with E-state index >= 15 is 0 Å². The Bertz CT molecular complexity index is 891. The van der Waals surface area contributed by atoms with Gasteiger partial charge in [-0.3, -0.25) is 0 Å². The molecule has 0 bridgehead atoms. The molecule has 0 radical (unpaired) electrons. The molecular formula is C25H38N4O3. The maximum atomic E-state index is 9.95. The van der Waals surface area contributed by atoms with Crippen LogP contribution in [0.3, 0.4) is 0 Å². The Morgan fingerprint density at radius 3 is 2.62 bits per heavy atom. The molecule has 2 N–H and O–H groups in total. The topological polar surface area (TPSA) is 79.7 Å². The second-order valence-corrected chi connectivity index (χ2v) is 9.60. The summed E-state index contributed by atoms with van der Waals surface area (Å²) in [5.74, 6) is 2.36. The summed E-state index contributed by atoms with van der Waals surface area (Å²) in [7, 11) is 3.94. The third kappa shape index (κ3) is 5.97. The fourth-order valence-electron chi connectivity index (χ4n) is 4.16. The Balaban J connectivity index is 1.96. The monoisotopic (exact) mass is 442 g/mol. The molecule has 1 aromatic carbocycles. The molecular weight excluding hydrogens is 404 g/mol. The van der Waals surface area contributed by atoms with Crippen LogP contribution in [0.4, 0.5) is 5.82 Å². The molecule has 0 amide bonds. The summed E-state index contributed by atoms with van der Waals surface area (Å²) < 4.78 is 11.4. The van der Waals surface area contributed by atoms with Crippen LogP contribution in [0, 0.1) is 6.92 Å². The quantitative estimate of drug-likeness (QED) is 0.649. The molecule has 0 spiro atoms. The van der Waals surface area contributed by atoms with E-state index in [9.17, 15) is 5.11 Å². The number of nitrogens with zero attached hydrogens (tertiary/aromatic N) is 3. The number of ether oxygens (including phenoxy) is 2. The van der Waals surface area contributed by atoms with Gasteiger partial charge >= 0.3 is 0 Å². The minimum atomic E-state index is -0.563. The lowest BCUT2D eigenvalue weighted by atomic mass is 9.88. The zero-order chi connectivity index (χ0) is 23.3. The zero-order valence-electron chi connectivity index (χ0n) is 20.3. The summed E-state index contributed by atoms with van der Waals surface area (Å²) in [6.45, 7) is 11.0. The Hall–Kier alpha value is -2.22. The standard InChI is InChI=1S/C25H38N4O3/c1-17-22(25(2,3)4)27-23(28-24(17)29(6)19-10-12-31-13-11-19)18-8-7-9-21(14-18)32-16-20(30)15-26-5/h7-9,14,19-20,26,30H,10-13,15-16H2,1-6H3. The van der Waals surface area contributed by atoms with E-state index < -0.39 is 6.10 Å². The highest BCUT2D eigenvalue weighted by atomic mass is 16.5. The first-order chi connectivity index (χ1) is 15.2. The Morgan fingerprint density at radius 1 is 1.25 bits per heavy atom. The molecule has 32 heavy (non-hydrogen) atoms. The number of anilines is 1. The van der Waals surface area contributed by atoms with Crippen molar-refractivity contribution in [2.24, 2.45) is 0 Å². The predicted molar refractivity (Wildman–Crippen MR) is 129 cm³/mol. The lowest BCUT2D eigenvalue weighted by molar-refractivity contribution is 0.0853. The van der Waals surface area contributed by atoms with Crippen LogP contribution in [0.5, 0.6) is 5.75 Å². The fourth-order valence-corrected chi connectivity index (χ4v) is 4.16. The van der Waals surface area contributed by atoms with Crippen LogP contribution in [0.15, 0.2) is 24.3 Å². The van der Waals surface area contributed by atoms with Crippen molar-refractivity contribution in [3.63, 3.8) is 0 Å². The van der Waals surface area contributed by atoms with Crippen LogP contribution in [-0.2, 0) is 10.2 Å². The number of aliphatic hydroxyl groups is 1. The summed E-state index contributed by atoms with van der Waals surface area (Å²) in [5.41, 5.74) is 2.96. The molecule has 1 saturated heterocycles. The molecule has 0 aliphatic carbocycles. The van der Waals surface area contributed by atoms with Crippen LogP contribution in [0.2, 0.25) is 0 Å². The Labute approximate surface area is 192 Å². The zero-order valence-corrected chi connectivity index (χ0v) is 20.3. The van der Waals surface area contributed by atoms with Crippen molar-refractivity contribution in [2.75, 3.05) is 45.4 Å². The highest BCUT2D eigenvalue weighted by Gasteiger charge is 2.27. The van der Waals surface area contributed by atoms with Gasteiger partial charge in [-0.1, -0.05) is 32.9 Å². The molecule has 2 aromatic rings. The van der Waals surface area contributed by atoms with Gasteiger partial charge in [0.25, 0.3) is 0 Å². The van der Waals surface area contributed by atoms with E-state index in [-0.39, 0.29) is 12.0 Å². The maximum Gasteiger partial charge on any atom is 0.161 e. The number of aromatic nitrogens is 2. The fraction of sp³-hybridized carbons (Fsp3) is 0.600. The molecule has 1 aliphatic heterocycles. The molecule has 1 fully saturated rings. The number of benzene rings is 1.